The van der Waals surface area contributed by atoms with Crippen LogP contribution in [0, 0.1) is 17.7 Å². The van der Waals surface area contributed by atoms with Gasteiger partial charge in [0.1, 0.15) is 18.2 Å². The first-order valence-corrected chi connectivity index (χ1v) is 10.0. The van der Waals surface area contributed by atoms with Crippen LogP contribution in [0.5, 0.6) is 5.75 Å². The van der Waals surface area contributed by atoms with Gasteiger partial charge in [-0.15, -0.1) is 0 Å². The number of benzene rings is 2. The molecule has 3 rings (SSSR count). The van der Waals surface area contributed by atoms with Gasteiger partial charge in [-0.2, -0.15) is 0 Å². The number of ether oxygens (including phenoxy) is 1. The van der Waals surface area contributed by atoms with Crippen molar-refractivity contribution in [3.05, 3.63) is 65.5 Å². The van der Waals surface area contributed by atoms with Gasteiger partial charge >= 0.3 is 5.97 Å². The molecule has 0 aliphatic heterocycles. The normalized spacial score (nSPS) is 18.8. The Morgan fingerprint density at radius 2 is 1.72 bits per heavy atom. The number of carboxylic acids is 1. The summed E-state index contributed by atoms with van der Waals surface area (Å²) < 4.78 is 19.2. The topological polar surface area (TPSA) is 75.6 Å². The molecular formula is C23H26FNO4. The molecular weight excluding hydrogens is 373 g/mol. The number of halogens is 1. The highest BCUT2D eigenvalue weighted by molar-refractivity contribution is 5.84. The quantitative estimate of drug-likeness (QED) is 0.705. The Morgan fingerprint density at radius 1 is 1.03 bits per heavy atom. The molecule has 1 fully saturated rings. The number of carbonyl (C=O) groups is 2. The number of carboxylic acid groups (broad SMARTS) is 1. The summed E-state index contributed by atoms with van der Waals surface area (Å²) in [7, 11) is 0. The van der Waals surface area contributed by atoms with Crippen molar-refractivity contribution in [2.45, 2.75) is 38.7 Å². The molecule has 154 valence electrons. The van der Waals surface area contributed by atoms with Crippen molar-refractivity contribution < 1.29 is 23.8 Å². The molecule has 1 aliphatic rings. The van der Waals surface area contributed by atoms with Crippen molar-refractivity contribution in [1.29, 1.82) is 0 Å². The second kappa shape index (κ2) is 10.0. The van der Waals surface area contributed by atoms with Gasteiger partial charge in [0.15, 0.2) is 0 Å². The maximum absolute atomic E-state index is 13.6. The van der Waals surface area contributed by atoms with Gasteiger partial charge < -0.3 is 15.2 Å². The highest BCUT2D eigenvalue weighted by Crippen LogP contribution is 2.30. The predicted octanol–water partition coefficient (Wildman–Crippen LogP) is 3.95. The van der Waals surface area contributed by atoms with E-state index in [-0.39, 0.29) is 18.3 Å². The number of nitrogens with one attached hydrogen (secondary N) is 1. The molecule has 2 aromatic rings. The minimum absolute atomic E-state index is 0.161. The standard InChI is InChI=1S/C23H26FNO4/c24-21-8-4-1-5-17(21)15-29-18-11-9-16(10-12-18)13-14-25-22(26)19-6-2-3-7-20(19)23(27)28/h1,4-5,8-12,19-20H,2-3,6-7,13-15H2,(H,25,26)(H,27,28). The third kappa shape index (κ3) is 5.79. The van der Waals surface area contributed by atoms with Gasteiger partial charge in [-0.05, 0) is 43.0 Å². The van der Waals surface area contributed by atoms with E-state index in [9.17, 15) is 19.1 Å². The monoisotopic (exact) mass is 399 g/mol. The van der Waals surface area contributed by atoms with Crippen molar-refractivity contribution >= 4 is 11.9 Å². The van der Waals surface area contributed by atoms with Gasteiger partial charge in [0.05, 0.1) is 11.8 Å². The minimum Gasteiger partial charge on any atom is -0.489 e. The summed E-state index contributed by atoms with van der Waals surface area (Å²) in [6.07, 6.45) is 3.62. The van der Waals surface area contributed by atoms with Crippen molar-refractivity contribution in [3.8, 4) is 5.75 Å². The summed E-state index contributed by atoms with van der Waals surface area (Å²) in [5, 5.41) is 12.2. The highest BCUT2D eigenvalue weighted by Gasteiger charge is 2.35. The maximum atomic E-state index is 13.6. The van der Waals surface area contributed by atoms with E-state index in [2.05, 4.69) is 5.32 Å². The van der Waals surface area contributed by atoms with E-state index in [0.717, 1.165) is 18.4 Å². The molecule has 0 aromatic heterocycles. The average Bonchev–Trinajstić information content (AvgIpc) is 2.74. The molecule has 2 unspecified atom stereocenters. The number of rotatable bonds is 8. The lowest BCUT2D eigenvalue weighted by Gasteiger charge is -2.27. The molecule has 5 nitrogen and oxygen atoms in total. The highest BCUT2D eigenvalue weighted by atomic mass is 19.1. The third-order valence-corrected chi connectivity index (χ3v) is 5.41. The first-order chi connectivity index (χ1) is 14.0. The number of aliphatic carboxylic acids is 1. The number of hydrogen-bond acceptors (Lipinski definition) is 3. The summed E-state index contributed by atoms with van der Waals surface area (Å²) >= 11 is 0. The van der Waals surface area contributed by atoms with Crippen LogP contribution in [0.4, 0.5) is 4.39 Å². The predicted molar refractivity (Wildman–Crippen MR) is 107 cm³/mol. The zero-order valence-electron chi connectivity index (χ0n) is 16.3. The van der Waals surface area contributed by atoms with Crippen LogP contribution in [0.2, 0.25) is 0 Å². The van der Waals surface area contributed by atoms with Gasteiger partial charge in [-0.1, -0.05) is 43.2 Å². The first kappa shape index (κ1) is 20.8. The van der Waals surface area contributed by atoms with E-state index in [1.54, 1.807) is 18.2 Å². The fraction of sp³-hybridized carbons (Fsp3) is 0.391. The second-order valence-corrected chi connectivity index (χ2v) is 7.40. The van der Waals surface area contributed by atoms with Crippen molar-refractivity contribution in [1.82, 2.24) is 5.32 Å². The van der Waals surface area contributed by atoms with Gasteiger partial charge in [0.2, 0.25) is 5.91 Å². The molecule has 0 radical (unpaired) electrons. The van der Waals surface area contributed by atoms with E-state index in [4.69, 9.17) is 4.74 Å². The molecule has 2 N–H and O–H groups in total. The Bertz CT molecular complexity index is 837. The van der Waals surface area contributed by atoms with E-state index < -0.39 is 17.8 Å². The van der Waals surface area contributed by atoms with E-state index in [0.29, 0.717) is 37.1 Å². The van der Waals surface area contributed by atoms with Crippen LogP contribution >= 0.6 is 0 Å². The summed E-state index contributed by atoms with van der Waals surface area (Å²) in [6, 6.07) is 14.0. The van der Waals surface area contributed by atoms with E-state index in [1.807, 2.05) is 24.3 Å². The second-order valence-electron chi connectivity index (χ2n) is 7.40. The van der Waals surface area contributed by atoms with Crippen LogP contribution in [0.25, 0.3) is 0 Å². The van der Waals surface area contributed by atoms with E-state index >= 15 is 0 Å². The van der Waals surface area contributed by atoms with Gasteiger partial charge in [0.25, 0.3) is 0 Å². The van der Waals surface area contributed by atoms with Crippen LogP contribution in [0.15, 0.2) is 48.5 Å². The third-order valence-electron chi connectivity index (χ3n) is 5.41. The molecule has 2 atom stereocenters. The lowest BCUT2D eigenvalue weighted by Crippen LogP contribution is -2.40. The van der Waals surface area contributed by atoms with Crippen molar-refractivity contribution in [2.24, 2.45) is 11.8 Å². The SMILES string of the molecule is O=C(O)C1CCCCC1C(=O)NCCc1ccc(OCc2ccccc2F)cc1. The lowest BCUT2D eigenvalue weighted by atomic mass is 9.78. The average molecular weight is 399 g/mol. The number of carbonyl (C=O) groups excluding carboxylic acids is 1. The zero-order valence-corrected chi connectivity index (χ0v) is 16.3. The van der Waals surface area contributed by atoms with Crippen LogP contribution in [0.3, 0.4) is 0 Å². The van der Waals surface area contributed by atoms with Gasteiger partial charge in [0, 0.05) is 12.1 Å². The van der Waals surface area contributed by atoms with Crippen LogP contribution in [-0.2, 0) is 22.6 Å². The molecule has 0 heterocycles. The summed E-state index contributed by atoms with van der Waals surface area (Å²) in [6.45, 7) is 0.616. The fourth-order valence-electron chi connectivity index (χ4n) is 3.73. The Kier molecular flexibility index (Phi) is 7.22. The van der Waals surface area contributed by atoms with Crippen molar-refractivity contribution in [2.75, 3.05) is 6.54 Å². The summed E-state index contributed by atoms with van der Waals surface area (Å²) in [4.78, 5) is 23.7. The smallest absolute Gasteiger partial charge is 0.307 e. The molecule has 0 saturated heterocycles. The van der Waals surface area contributed by atoms with E-state index in [1.165, 1.54) is 6.07 Å². The molecule has 0 bridgehead atoms. The Hall–Kier alpha value is -2.89. The first-order valence-electron chi connectivity index (χ1n) is 10.0. The van der Waals surface area contributed by atoms with Gasteiger partial charge in [-0.3, -0.25) is 9.59 Å². The fourth-order valence-corrected chi connectivity index (χ4v) is 3.73. The van der Waals surface area contributed by atoms with Gasteiger partial charge in [-0.25, -0.2) is 4.39 Å². The molecule has 1 aliphatic carbocycles. The van der Waals surface area contributed by atoms with Crippen molar-refractivity contribution in [3.63, 3.8) is 0 Å². The van der Waals surface area contributed by atoms with Crippen LogP contribution in [-0.4, -0.2) is 23.5 Å². The minimum atomic E-state index is -0.879. The lowest BCUT2D eigenvalue weighted by molar-refractivity contribution is -0.148. The Labute approximate surface area is 169 Å². The molecule has 1 amide bonds. The molecule has 0 spiro atoms. The summed E-state index contributed by atoms with van der Waals surface area (Å²) in [5.74, 6) is -1.70. The Balaban J connectivity index is 1.44. The zero-order chi connectivity index (χ0) is 20.6. The molecule has 2 aromatic carbocycles. The Morgan fingerprint density at radius 3 is 2.41 bits per heavy atom. The van der Waals surface area contributed by atoms with Crippen LogP contribution < -0.4 is 10.1 Å². The van der Waals surface area contributed by atoms with Crippen LogP contribution in [0.1, 0.15) is 36.8 Å². The number of hydrogen-bond donors (Lipinski definition) is 2. The largest absolute Gasteiger partial charge is 0.489 e. The maximum Gasteiger partial charge on any atom is 0.307 e. The molecule has 6 heteroatoms. The molecule has 29 heavy (non-hydrogen) atoms. The summed E-state index contributed by atoms with van der Waals surface area (Å²) in [5.41, 5.74) is 1.53. The molecule has 1 saturated carbocycles. The number of amides is 1.